The van der Waals surface area contributed by atoms with Crippen LogP contribution in [-0.4, -0.2) is 19.1 Å². The fourth-order valence-corrected chi connectivity index (χ4v) is 2.15. The molecule has 3 rings (SSSR count). The molecule has 3 aromatic rings. The molecule has 0 saturated heterocycles. The Hall–Kier alpha value is -2.89. The Morgan fingerprint density at radius 1 is 1.25 bits per heavy atom. The molecule has 6 heteroatoms. The molecule has 1 N–H and O–H groups in total. The molecule has 0 unspecified atom stereocenters. The van der Waals surface area contributed by atoms with Crippen molar-refractivity contribution in [3.8, 4) is 5.69 Å². The number of hydrogen-bond donors (Lipinski definition) is 1. The molecular formula is C14H12N4O2. The number of hydrogen-bond acceptors (Lipinski definition) is 3. The molecule has 0 aliphatic rings. The summed E-state index contributed by atoms with van der Waals surface area (Å²) >= 11 is 0. The quantitative estimate of drug-likeness (QED) is 0.722. The van der Waals surface area contributed by atoms with Crippen LogP contribution in [0.25, 0.3) is 16.9 Å². The van der Waals surface area contributed by atoms with Gasteiger partial charge in [-0.05, 0) is 12.1 Å². The van der Waals surface area contributed by atoms with Gasteiger partial charge in [0.25, 0.3) is 5.56 Å². The highest BCUT2D eigenvalue weighted by atomic mass is 16.2. The molecule has 0 radical (unpaired) electrons. The second kappa shape index (κ2) is 4.65. The first-order valence-electron chi connectivity index (χ1n) is 6.09. The average Bonchev–Trinajstić information content (AvgIpc) is 2.94. The third-order valence-electron chi connectivity index (χ3n) is 3.04. The highest BCUT2D eigenvalue weighted by Crippen LogP contribution is 2.09. The van der Waals surface area contributed by atoms with E-state index < -0.39 is 11.2 Å². The summed E-state index contributed by atoms with van der Waals surface area (Å²) in [5, 5.41) is 0. The van der Waals surface area contributed by atoms with E-state index in [1.165, 1.54) is 17.0 Å². The minimum atomic E-state index is -0.430. The maximum Gasteiger partial charge on any atom is 0.337 e. The van der Waals surface area contributed by atoms with Gasteiger partial charge in [-0.15, -0.1) is 6.58 Å². The standard InChI is InChI=1S/C14H12N4O2/c1-2-8-17-13(19)11-12(16-9-15-11)18(14(17)20)10-6-4-3-5-7-10/h2-7,9H,1,8H2,(H,15,16). The molecule has 0 atom stereocenters. The van der Waals surface area contributed by atoms with Crippen molar-refractivity contribution in [1.82, 2.24) is 19.1 Å². The van der Waals surface area contributed by atoms with Crippen molar-refractivity contribution < 1.29 is 0 Å². The van der Waals surface area contributed by atoms with Crippen LogP contribution in [-0.2, 0) is 6.54 Å². The lowest BCUT2D eigenvalue weighted by atomic mass is 10.3. The van der Waals surface area contributed by atoms with Gasteiger partial charge in [-0.3, -0.25) is 9.36 Å². The molecule has 1 aromatic carbocycles. The van der Waals surface area contributed by atoms with Crippen LogP contribution >= 0.6 is 0 Å². The van der Waals surface area contributed by atoms with Crippen molar-refractivity contribution >= 4 is 11.2 Å². The SMILES string of the molecule is C=CCn1c(=O)c2[nH]cnc2n(-c2ccccc2)c1=O. The molecule has 0 aliphatic heterocycles. The van der Waals surface area contributed by atoms with E-state index in [-0.39, 0.29) is 6.54 Å². The van der Waals surface area contributed by atoms with Crippen LogP contribution in [0, 0.1) is 0 Å². The molecule has 2 aromatic heterocycles. The number of benzene rings is 1. The molecule has 0 amide bonds. The second-order valence-corrected chi connectivity index (χ2v) is 4.26. The first kappa shape index (κ1) is 12.2. The second-order valence-electron chi connectivity index (χ2n) is 4.26. The number of imidazole rings is 1. The van der Waals surface area contributed by atoms with Gasteiger partial charge in [-0.25, -0.2) is 14.3 Å². The van der Waals surface area contributed by atoms with Crippen LogP contribution in [0.4, 0.5) is 0 Å². The monoisotopic (exact) mass is 268 g/mol. The van der Waals surface area contributed by atoms with Crippen molar-refractivity contribution in [1.29, 1.82) is 0 Å². The van der Waals surface area contributed by atoms with Crippen molar-refractivity contribution in [3.05, 3.63) is 70.2 Å². The summed E-state index contributed by atoms with van der Waals surface area (Å²) in [6.45, 7) is 3.73. The summed E-state index contributed by atoms with van der Waals surface area (Å²) in [5.41, 5.74) is 0.463. The highest BCUT2D eigenvalue weighted by molar-refractivity contribution is 5.71. The normalized spacial score (nSPS) is 10.8. The van der Waals surface area contributed by atoms with Crippen molar-refractivity contribution in [3.63, 3.8) is 0 Å². The number of rotatable bonds is 3. The Labute approximate surface area is 113 Å². The maximum atomic E-state index is 12.5. The van der Waals surface area contributed by atoms with Gasteiger partial charge >= 0.3 is 5.69 Å². The third-order valence-corrected chi connectivity index (χ3v) is 3.04. The van der Waals surface area contributed by atoms with E-state index in [1.54, 1.807) is 12.1 Å². The van der Waals surface area contributed by atoms with E-state index in [9.17, 15) is 9.59 Å². The van der Waals surface area contributed by atoms with Crippen LogP contribution < -0.4 is 11.2 Å². The van der Waals surface area contributed by atoms with Crippen LogP contribution in [0.15, 0.2) is 58.9 Å². The summed E-state index contributed by atoms with van der Waals surface area (Å²) in [6.07, 6.45) is 2.92. The van der Waals surface area contributed by atoms with Gasteiger partial charge in [0.05, 0.1) is 12.0 Å². The fourth-order valence-electron chi connectivity index (χ4n) is 2.15. The number of H-pyrrole nitrogens is 1. The first-order valence-corrected chi connectivity index (χ1v) is 6.09. The topological polar surface area (TPSA) is 72.7 Å². The summed E-state index contributed by atoms with van der Waals surface area (Å²) in [6, 6.07) is 9.08. The molecule has 0 bridgehead atoms. The van der Waals surface area contributed by atoms with Gasteiger partial charge in [0.15, 0.2) is 5.65 Å². The Morgan fingerprint density at radius 2 is 2.00 bits per heavy atom. The van der Waals surface area contributed by atoms with Crippen LogP contribution in [0.3, 0.4) is 0 Å². The molecule has 0 spiro atoms. The van der Waals surface area contributed by atoms with Crippen LogP contribution in [0.5, 0.6) is 0 Å². The summed E-state index contributed by atoms with van der Waals surface area (Å²) < 4.78 is 2.54. The number of fused-ring (bicyclic) bond motifs is 1. The first-order chi connectivity index (χ1) is 9.74. The average molecular weight is 268 g/mol. The molecule has 0 saturated carbocycles. The van der Waals surface area contributed by atoms with Gasteiger partial charge in [0.1, 0.15) is 5.52 Å². The number of allylic oxidation sites excluding steroid dienone is 1. The predicted molar refractivity (Wildman–Crippen MR) is 76.1 cm³/mol. The lowest BCUT2D eigenvalue weighted by molar-refractivity contribution is 0.696. The minimum absolute atomic E-state index is 0.152. The zero-order chi connectivity index (χ0) is 14.1. The van der Waals surface area contributed by atoms with E-state index in [0.717, 1.165) is 4.57 Å². The van der Waals surface area contributed by atoms with Crippen LogP contribution in [0.2, 0.25) is 0 Å². The molecule has 2 heterocycles. The van der Waals surface area contributed by atoms with Gasteiger partial charge in [-0.2, -0.15) is 0 Å². The maximum absolute atomic E-state index is 12.5. The predicted octanol–water partition coefficient (Wildman–Crippen LogP) is 1.06. The highest BCUT2D eigenvalue weighted by Gasteiger charge is 2.15. The number of nitrogens with one attached hydrogen (secondary N) is 1. The number of aromatic amines is 1. The van der Waals surface area contributed by atoms with Gasteiger partial charge in [0, 0.05) is 6.54 Å². The Bertz CT molecular complexity index is 887. The smallest absolute Gasteiger partial charge is 0.337 e. The van der Waals surface area contributed by atoms with Gasteiger partial charge in [-0.1, -0.05) is 24.3 Å². The largest absolute Gasteiger partial charge is 0.339 e. The van der Waals surface area contributed by atoms with Crippen molar-refractivity contribution in [2.24, 2.45) is 0 Å². The van der Waals surface area contributed by atoms with E-state index in [4.69, 9.17) is 0 Å². The fraction of sp³-hybridized carbons (Fsp3) is 0.0714. The summed E-state index contributed by atoms with van der Waals surface area (Å²) in [4.78, 5) is 31.6. The minimum Gasteiger partial charge on any atom is -0.339 e. The number of aromatic nitrogens is 4. The molecule has 100 valence electrons. The van der Waals surface area contributed by atoms with E-state index in [1.807, 2.05) is 18.2 Å². The van der Waals surface area contributed by atoms with Crippen LogP contribution in [0.1, 0.15) is 0 Å². The Kier molecular flexibility index (Phi) is 2.83. The van der Waals surface area contributed by atoms with E-state index >= 15 is 0 Å². The van der Waals surface area contributed by atoms with Gasteiger partial charge in [0.2, 0.25) is 0 Å². The number of para-hydroxylation sites is 1. The van der Waals surface area contributed by atoms with E-state index in [0.29, 0.717) is 16.9 Å². The molecule has 6 nitrogen and oxygen atoms in total. The molecule has 0 aliphatic carbocycles. The number of nitrogens with zero attached hydrogens (tertiary/aromatic N) is 3. The summed E-state index contributed by atoms with van der Waals surface area (Å²) in [7, 11) is 0. The molecule has 20 heavy (non-hydrogen) atoms. The lowest BCUT2D eigenvalue weighted by Crippen LogP contribution is -2.39. The zero-order valence-corrected chi connectivity index (χ0v) is 10.6. The Morgan fingerprint density at radius 3 is 2.70 bits per heavy atom. The Balaban J connectivity index is 2.48. The zero-order valence-electron chi connectivity index (χ0n) is 10.6. The lowest BCUT2D eigenvalue weighted by Gasteiger charge is -2.09. The van der Waals surface area contributed by atoms with Crippen molar-refractivity contribution in [2.45, 2.75) is 6.54 Å². The summed E-state index contributed by atoms with van der Waals surface area (Å²) in [5.74, 6) is 0. The van der Waals surface area contributed by atoms with Crippen molar-refractivity contribution in [2.75, 3.05) is 0 Å². The van der Waals surface area contributed by atoms with Gasteiger partial charge < -0.3 is 4.98 Å². The third kappa shape index (κ3) is 1.70. The molecule has 0 fully saturated rings. The van der Waals surface area contributed by atoms with E-state index in [2.05, 4.69) is 16.5 Å². The molecular weight excluding hydrogens is 256 g/mol.